The number of hydrogen-bond acceptors (Lipinski definition) is 0. The summed E-state index contributed by atoms with van der Waals surface area (Å²) in [7, 11) is 0. The Bertz CT molecular complexity index is 446. The molecule has 4 heteroatoms. The molecule has 0 aliphatic carbocycles. The smallest absolute Gasteiger partial charge is 0.171 e. The average molecular weight is 958 g/mol. The first kappa shape index (κ1) is 24.3. The Labute approximate surface area is 173 Å². The first-order chi connectivity index (χ1) is 9.54. The van der Waals surface area contributed by atoms with Crippen LogP contribution < -0.4 is 0 Å². The molecule has 0 saturated carbocycles. The van der Waals surface area contributed by atoms with E-state index in [0.717, 1.165) is 0 Å². The minimum atomic E-state index is 0. The molecule has 0 aliphatic heterocycles. The molecule has 2 aromatic carbocycles. The predicted octanol–water partition coefficient (Wildman–Crippen LogP) is 4.04. The summed E-state index contributed by atoms with van der Waals surface area (Å²) in [4.78, 5) is 0. The largest absolute Gasteiger partial charge is 0.184 e. The molecular weight excluding hydrogens is 940 g/mol. The molecule has 0 heterocycles. The van der Waals surface area contributed by atoms with Gasteiger partial charge in [-0.3, -0.25) is 0 Å². The van der Waals surface area contributed by atoms with E-state index in [1.165, 1.54) is 30.5 Å². The molecule has 2 rings (SSSR count). The van der Waals surface area contributed by atoms with Gasteiger partial charge in [0.05, 0.1) is 0 Å². The van der Waals surface area contributed by atoms with E-state index >= 15 is 0 Å². The summed E-state index contributed by atoms with van der Waals surface area (Å²) in [6.45, 7) is 6.69. The maximum absolute atomic E-state index is 3.19. The first-order valence-corrected chi connectivity index (χ1v) is 18.6. The van der Waals surface area contributed by atoms with Crippen molar-refractivity contribution < 1.29 is 72.9 Å². The Morgan fingerprint density at radius 2 is 1.38 bits per heavy atom. The SMILES string of the molecule is CC(C)(C)c1ccc([C-]=[W])cc1.[W].[W]=[W].[c-]1ccccc1. The second kappa shape index (κ2) is 14.6. The van der Waals surface area contributed by atoms with Crippen molar-refractivity contribution in [3.63, 3.8) is 0 Å². The van der Waals surface area contributed by atoms with Crippen LogP contribution in [-0.2, 0) is 78.3 Å². The van der Waals surface area contributed by atoms with Gasteiger partial charge in [0.15, 0.2) is 0 Å². The standard InChI is InChI=1S/C11H13.C6H5.4W/c1-9-5-7-10(8-6-9)11(2,3)4;1-2-4-6-5-3-1;;;;/h5-8H,2-4H3;1-5H;;;;/q2*-1;;;;. The van der Waals surface area contributed by atoms with Gasteiger partial charge in [0.1, 0.15) is 0 Å². The monoisotopic (exact) mass is 958 g/mol. The van der Waals surface area contributed by atoms with Gasteiger partial charge in [0, 0.05) is 21.1 Å². The van der Waals surface area contributed by atoms with E-state index in [2.05, 4.69) is 55.5 Å². The molecule has 0 amide bonds. The molecule has 0 unspecified atom stereocenters. The van der Waals surface area contributed by atoms with Crippen LogP contribution in [-0.4, -0.2) is 4.40 Å². The van der Waals surface area contributed by atoms with Gasteiger partial charge in [-0.05, 0) is 0 Å². The van der Waals surface area contributed by atoms with E-state index in [4.69, 9.17) is 0 Å². The van der Waals surface area contributed by atoms with E-state index in [0.29, 0.717) is 0 Å². The third-order valence-electron chi connectivity index (χ3n) is 2.48. The van der Waals surface area contributed by atoms with Gasteiger partial charge >= 0.3 is 118 Å². The van der Waals surface area contributed by atoms with Crippen LogP contribution in [0.3, 0.4) is 0 Å². The predicted molar refractivity (Wildman–Crippen MR) is 74.5 cm³/mol. The topological polar surface area (TPSA) is 0 Å². The summed E-state index contributed by atoms with van der Waals surface area (Å²) >= 11 is 4.72. The Kier molecular flexibility index (Phi) is 17.0. The van der Waals surface area contributed by atoms with E-state index in [1.807, 2.05) is 30.3 Å². The van der Waals surface area contributed by atoms with Crippen molar-refractivity contribution in [3.05, 3.63) is 71.8 Å². The van der Waals surface area contributed by atoms with Crippen LogP contribution in [0.15, 0.2) is 54.6 Å². The summed E-state index contributed by atoms with van der Waals surface area (Å²) in [6.07, 6.45) is 0. The normalized spacial score (nSPS) is 8.90. The zero-order chi connectivity index (χ0) is 15.4. The van der Waals surface area contributed by atoms with Gasteiger partial charge in [-0.2, -0.15) is 36.4 Å². The number of hydrogen-bond donors (Lipinski definition) is 0. The molecule has 112 valence electrons. The van der Waals surface area contributed by atoms with Gasteiger partial charge in [0.25, 0.3) is 0 Å². The molecule has 0 radical (unpaired) electrons. The van der Waals surface area contributed by atoms with Crippen LogP contribution >= 0.6 is 0 Å². The van der Waals surface area contributed by atoms with E-state index in [-0.39, 0.29) is 26.5 Å². The summed E-state index contributed by atoms with van der Waals surface area (Å²) < 4.78 is 3.19. The van der Waals surface area contributed by atoms with Gasteiger partial charge in [0.2, 0.25) is 0 Å². The van der Waals surface area contributed by atoms with Gasteiger partial charge in [-0.1, -0.05) is 0 Å². The third kappa shape index (κ3) is 12.2. The van der Waals surface area contributed by atoms with Crippen LogP contribution in [0.1, 0.15) is 31.9 Å². The van der Waals surface area contributed by atoms with E-state index in [9.17, 15) is 0 Å². The quantitative estimate of drug-likeness (QED) is 0.380. The maximum atomic E-state index is 3.19. The Morgan fingerprint density at radius 3 is 1.62 bits per heavy atom. The first-order valence-electron chi connectivity index (χ1n) is 6.10. The molecule has 0 nitrogen and oxygen atoms in total. The van der Waals surface area contributed by atoms with E-state index < -0.39 is 0 Å². The Balaban J connectivity index is 0. The summed E-state index contributed by atoms with van der Waals surface area (Å²) in [5.74, 6) is 0. The van der Waals surface area contributed by atoms with Crippen molar-refractivity contribution in [1.82, 2.24) is 0 Å². The minimum absolute atomic E-state index is 0. The molecule has 0 atom stereocenters. The molecule has 0 aliphatic rings. The average Bonchev–Trinajstić information content (AvgIpc) is 2.51. The van der Waals surface area contributed by atoms with Crippen molar-refractivity contribution in [3.8, 4) is 0 Å². The summed E-state index contributed by atoms with van der Waals surface area (Å²) in [5.41, 5.74) is 2.86. The Morgan fingerprint density at radius 1 is 0.905 bits per heavy atom. The summed E-state index contributed by atoms with van der Waals surface area (Å²) in [5, 5.41) is 0. The fraction of sp³-hybridized carbons (Fsp3) is 0.235. The molecule has 0 saturated heterocycles. The third-order valence-corrected chi connectivity index (χ3v) is 3.32. The van der Waals surface area contributed by atoms with Crippen molar-refractivity contribution in [2.24, 2.45) is 0 Å². The van der Waals surface area contributed by atoms with Gasteiger partial charge < -0.3 is 0 Å². The van der Waals surface area contributed by atoms with Crippen molar-refractivity contribution in [1.29, 1.82) is 0 Å². The molecule has 0 N–H and O–H groups in total. The van der Waals surface area contributed by atoms with Gasteiger partial charge in [-0.25, -0.2) is 0 Å². The fourth-order valence-electron chi connectivity index (χ4n) is 1.38. The van der Waals surface area contributed by atoms with Crippen molar-refractivity contribution in [2.75, 3.05) is 0 Å². The second-order valence-electron chi connectivity index (χ2n) is 5.01. The molecule has 0 spiro atoms. The van der Waals surface area contributed by atoms with Gasteiger partial charge in [-0.15, -0.1) is 0 Å². The van der Waals surface area contributed by atoms with E-state index in [1.54, 1.807) is 32.4 Å². The van der Waals surface area contributed by atoms with Crippen LogP contribution in [0.2, 0.25) is 0 Å². The molecule has 21 heavy (non-hydrogen) atoms. The second-order valence-corrected chi connectivity index (χ2v) is 5.74. The molecular formula is C17H18W4-2. The molecule has 0 bridgehead atoms. The fourth-order valence-corrected chi connectivity index (χ4v) is 1.87. The molecule has 0 aromatic heterocycles. The molecule has 2 aromatic rings. The zero-order valence-electron chi connectivity index (χ0n) is 12.3. The minimum Gasteiger partial charge on any atom is -0.184 e. The maximum Gasteiger partial charge on any atom is -0.171 e. The van der Waals surface area contributed by atoms with Crippen molar-refractivity contribution >= 4 is 4.40 Å². The number of rotatable bonds is 1. The van der Waals surface area contributed by atoms with Crippen molar-refractivity contribution in [2.45, 2.75) is 26.2 Å². The molecule has 0 fully saturated rings. The van der Waals surface area contributed by atoms with Crippen LogP contribution in [0.4, 0.5) is 0 Å². The van der Waals surface area contributed by atoms with Crippen LogP contribution in [0.25, 0.3) is 0 Å². The number of benzene rings is 2. The Hall–Kier alpha value is 1.06. The zero-order valence-corrected chi connectivity index (χ0v) is 24.1. The van der Waals surface area contributed by atoms with Crippen LogP contribution in [0, 0.1) is 6.07 Å². The summed E-state index contributed by atoms with van der Waals surface area (Å²) in [6, 6.07) is 21.1. The van der Waals surface area contributed by atoms with Crippen LogP contribution in [0.5, 0.6) is 0 Å².